The fraction of sp³-hybridized carbons (Fsp3) is 0.588. The van der Waals surface area contributed by atoms with Gasteiger partial charge < -0.3 is 10.1 Å². The van der Waals surface area contributed by atoms with Crippen molar-refractivity contribution < 1.29 is 9.53 Å². The molecule has 4 nitrogen and oxygen atoms in total. The van der Waals surface area contributed by atoms with E-state index in [1.54, 1.807) is 11.8 Å². The van der Waals surface area contributed by atoms with E-state index in [1.807, 2.05) is 31.2 Å². The molecule has 2 rings (SSSR count). The molecular weight excluding hydrogens is 332 g/mol. The summed E-state index contributed by atoms with van der Waals surface area (Å²) >= 11 is 7.49. The van der Waals surface area contributed by atoms with Crippen LogP contribution in [0, 0.1) is 0 Å². The van der Waals surface area contributed by atoms with Crippen LogP contribution in [-0.2, 0) is 9.53 Å². The molecule has 1 aliphatic rings. The Labute approximate surface area is 147 Å². The van der Waals surface area contributed by atoms with E-state index in [9.17, 15) is 4.79 Å². The third-order valence-electron chi connectivity index (χ3n) is 3.81. The molecule has 1 N–H and O–H groups in total. The van der Waals surface area contributed by atoms with Gasteiger partial charge in [0.05, 0.1) is 18.5 Å². The van der Waals surface area contributed by atoms with Gasteiger partial charge in [0.15, 0.2) is 0 Å². The number of carbonyl (C=O) groups excluding carboxylic acids is 1. The van der Waals surface area contributed by atoms with Crippen LogP contribution >= 0.6 is 23.4 Å². The van der Waals surface area contributed by atoms with Crippen molar-refractivity contribution in [2.75, 3.05) is 39.4 Å². The molecule has 1 fully saturated rings. The summed E-state index contributed by atoms with van der Waals surface area (Å²) in [6.07, 6.45) is 1.79. The maximum absolute atomic E-state index is 12.3. The minimum atomic E-state index is -0.0560. The highest BCUT2D eigenvalue weighted by Crippen LogP contribution is 2.26. The van der Waals surface area contributed by atoms with Crippen molar-refractivity contribution >= 4 is 29.3 Å². The van der Waals surface area contributed by atoms with Crippen LogP contribution in [0.3, 0.4) is 0 Å². The third kappa shape index (κ3) is 6.71. The van der Waals surface area contributed by atoms with E-state index in [0.29, 0.717) is 0 Å². The molecule has 23 heavy (non-hydrogen) atoms. The lowest BCUT2D eigenvalue weighted by molar-refractivity contribution is -0.120. The second kappa shape index (κ2) is 10.2. The number of nitrogens with zero attached hydrogens (tertiary/aromatic N) is 1. The van der Waals surface area contributed by atoms with Crippen molar-refractivity contribution in [3.63, 3.8) is 0 Å². The van der Waals surface area contributed by atoms with Crippen molar-refractivity contribution in [3.05, 3.63) is 29.3 Å². The fourth-order valence-electron chi connectivity index (χ4n) is 2.45. The summed E-state index contributed by atoms with van der Waals surface area (Å²) < 4.78 is 5.33. The molecule has 1 heterocycles. The largest absolute Gasteiger partial charge is 0.379 e. The van der Waals surface area contributed by atoms with Crippen LogP contribution in [0.4, 0.5) is 0 Å². The molecular formula is C17H25ClN2O2S. The molecule has 0 spiro atoms. The smallest absolute Gasteiger partial charge is 0.233 e. The summed E-state index contributed by atoms with van der Waals surface area (Å²) in [5.41, 5.74) is 0. The van der Waals surface area contributed by atoms with Gasteiger partial charge in [-0.05, 0) is 43.7 Å². The molecule has 1 aromatic rings. The Hall–Kier alpha value is -0.750. The van der Waals surface area contributed by atoms with Gasteiger partial charge in [0.2, 0.25) is 5.91 Å². The van der Waals surface area contributed by atoms with Crippen LogP contribution in [0.1, 0.15) is 19.8 Å². The topological polar surface area (TPSA) is 41.6 Å². The van der Waals surface area contributed by atoms with E-state index in [2.05, 4.69) is 10.2 Å². The molecule has 6 heteroatoms. The number of rotatable bonds is 8. The van der Waals surface area contributed by atoms with E-state index < -0.39 is 0 Å². The maximum Gasteiger partial charge on any atom is 0.233 e. The van der Waals surface area contributed by atoms with Gasteiger partial charge in [-0.3, -0.25) is 9.69 Å². The highest BCUT2D eigenvalue weighted by Gasteiger charge is 2.17. The Morgan fingerprint density at radius 2 is 2.04 bits per heavy atom. The minimum Gasteiger partial charge on any atom is -0.379 e. The Morgan fingerprint density at radius 1 is 1.35 bits per heavy atom. The van der Waals surface area contributed by atoms with Crippen molar-refractivity contribution in [2.45, 2.75) is 29.9 Å². The predicted octanol–water partition coefficient (Wildman–Crippen LogP) is 3.05. The molecule has 128 valence electrons. The summed E-state index contributed by atoms with van der Waals surface area (Å²) in [4.78, 5) is 15.8. The monoisotopic (exact) mass is 356 g/mol. The molecule has 1 aromatic carbocycles. The first-order chi connectivity index (χ1) is 11.2. The van der Waals surface area contributed by atoms with E-state index >= 15 is 0 Å². The van der Waals surface area contributed by atoms with Crippen LogP contribution in [0.25, 0.3) is 0 Å². The summed E-state index contributed by atoms with van der Waals surface area (Å²) in [5, 5.41) is 3.72. The summed E-state index contributed by atoms with van der Waals surface area (Å²) in [6, 6.07) is 7.64. The van der Waals surface area contributed by atoms with Crippen LogP contribution < -0.4 is 5.32 Å². The molecule has 1 atom stereocenters. The Morgan fingerprint density at radius 3 is 2.70 bits per heavy atom. The number of hydrogen-bond acceptors (Lipinski definition) is 4. The zero-order valence-electron chi connectivity index (χ0n) is 13.6. The zero-order chi connectivity index (χ0) is 16.5. The average Bonchev–Trinajstić information content (AvgIpc) is 2.59. The molecule has 1 amide bonds. The lowest BCUT2D eigenvalue weighted by atomic mass is 10.3. The highest BCUT2D eigenvalue weighted by atomic mass is 35.5. The molecule has 0 saturated carbocycles. The van der Waals surface area contributed by atoms with E-state index in [1.165, 1.54) is 0 Å². The Bertz CT molecular complexity index is 478. The van der Waals surface area contributed by atoms with Gasteiger partial charge in [0, 0.05) is 29.6 Å². The first kappa shape index (κ1) is 18.6. The van der Waals surface area contributed by atoms with Gasteiger partial charge in [0.1, 0.15) is 0 Å². The fourth-order valence-corrected chi connectivity index (χ4v) is 3.56. The number of thioether (sulfide) groups is 1. The lowest BCUT2D eigenvalue weighted by Gasteiger charge is -2.26. The van der Waals surface area contributed by atoms with Gasteiger partial charge in [-0.2, -0.15) is 0 Å². The molecule has 0 bridgehead atoms. The second-order valence-corrected chi connectivity index (χ2v) is 7.28. The normalized spacial score (nSPS) is 17.0. The number of halogens is 1. The average molecular weight is 357 g/mol. The maximum atomic E-state index is 12.3. The molecule has 0 unspecified atom stereocenters. The standard InChI is InChI=1S/C17H25ClN2O2S/c1-2-16(23-15-6-4-14(18)5-7-15)17(21)19-8-3-9-20-10-12-22-13-11-20/h4-7,16H,2-3,8-13H2,1H3,(H,19,21)/t16-/m1/s1. The van der Waals surface area contributed by atoms with Crippen molar-refractivity contribution in [2.24, 2.45) is 0 Å². The van der Waals surface area contributed by atoms with E-state index in [-0.39, 0.29) is 11.2 Å². The first-order valence-corrected chi connectivity index (χ1v) is 9.45. The number of hydrogen-bond donors (Lipinski definition) is 1. The van der Waals surface area contributed by atoms with E-state index in [0.717, 1.165) is 62.2 Å². The Balaban J connectivity index is 1.68. The number of amides is 1. The molecule has 1 saturated heterocycles. The molecule has 0 radical (unpaired) electrons. The SMILES string of the molecule is CC[C@@H](Sc1ccc(Cl)cc1)C(=O)NCCCN1CCOCC1. The number of morpholine rings is 1. The number of ether oxygens (including phenoxy) is 1. The van der Waals surface area contributed by atoms with Gasteiger partial charge in [-0.15, -0.1) is 11.8 Å². The lowest BCUT2D eigenvalue weighted by Crippen LogP contribution is -2.39. The van der Waals surface area contributed by atoms with Gasteiger partial charge in [0.25, 0.3) is 0 Å². The van der Waals surface area contributed by atoms with Crippen molar-refractivity contribution in [1.82, 2.24) is 10.2 Å². The molecule has 1 aliphatic heterocycles. The second-order valence-electron chi connectivity index (χ2n) is 5.57. The molecule has 0 aromatic heterocycles. The highest BCUT2D eigenvalue weighted by molar-refractivity contribution is 8.00. The summed E-state index contributed by atoms with van der Waals surface area (Å²) in [5.74, 6) is 0.120. The van der Waals surface area contributed by atoms with Crippen LogP contribution in [-0.4, -0.2) is 55.4 Å². The Kier molecular flexibility index (Phi) is 8.23. The number of nitrogens with one attached hydrogen (secondary N) is 1. The predicted molar refractivity (Wildman–Crippen MR) is 96.3 cm³/mol. The third-order valence-corrected chi connectivity index (χ3v) is 5.44. The number of benzene rings is 1. The molecule has 0 aliphatic carbocycles. The van der Waals surface area contributed by atoms with Crippen LogP contribution in [0.2, 0.25) is 5.02 Å². The van der Waals surface area contributed by atoms with Gasteiger partial charge >= 0.3 is 0 Å². The zero-order valence-corrected chi connectivity index (χ0v) is 15.2. The first-order valence-electron chi connectivity index (χ1n) is 8.19. The summed E-state index contributed by atoms with van der Waals surface area (Å²) in [6.45, 7) is 7.43. The quantitative estimate of drug-likeness (QED) is 0.574. The van der Waals surface area contributed by atoms with Crippen molar-refractivity contribution in [1.29, 1.82) is 0 Å². The summed E-state index contributed by atoms with van der Waals surface area (Å²) in [7, 11) is 0. The van der Waals surface area contributed by atoms with Crippen LogP contribution in [0.15, 0.2) is 29.2 Å². The van der Waals surface area contributed by atoms with Crippen LogP contribution in [0.5, 0.6) is 0 Å². The number of carbonyl (C=O) groups is 1. The van der Waals surface area contributed by atoms with Crippen molar-refractivity contribution in [3.8, 4) is 0 Å². The van der Waals surface area contributed by atoms with Gasteiger partial charge in [-0.1, -0.05) is 18.5 Å². The van der Waals surface area contributed by atoms with E-state index in [4.69, 9.17) is 16.3 Å². The minimum absolute atomic E-state index is 0.0560. The van der Waals surface area contributed by atoms with Gasteiger partial charge in [-0.25, -0.2) is 0 Å².